The lowest BCUT2D eigenvalue weighted by Crippen LogP contribution is -2.45. The number of hydrogen-bond acceptors (Lipinski definition) is 6. The first-order chi connectivity index (χ1) is 13.2. The first-order valence-corrected chi connectivity index (χ1v) is 10.2. The Balaban J connectivity index is 1.43. The van der Waals surface area contributed by atoms with E-state index in [1.54, 1.807) is 18.9 Å². The Morgan fingerprint density at radius 3 is 2.78 bits per heavy atom. The fraction of sp³-hybridized carbons (Fsp3) is 0.400. The number of rotatable bonds is 6. The molecule has 7 heteroatoms. The van der Waals surface area contributed by atoms with E-state index in [-0.39, 0.29) is 0 Å². The SMILES string of the molecule is COc1ccc2c(ccn2-c2ccnc(SCCN3CCN(C)CC3)n2)c1. The summed E-state index contributed by atoms with van der Waals surface area (Å²) in [6.07, 6.45) is 3.89. The van der Waals surface area contributed by atoms with Crippen LogP contribution in [0.1, 0.15) is 0 Å². The fourth-order valence-electron chi connectivity index (χ4n) is 3.32. The molecule has 0 saturated carbocycles. The van der Waals surface area contributed by atoms with Crippen LogP contribution in [0.4, 0.5) is 0 Å². The lowest BCUT2D eigenvalue weighted by molar-refractivity contribution is 0.161. The van der Waals surface area contributed by atoms with Crippen molar-refractivity contribution in [2.24, 2.45) is 0 Å². The second kappa shape index (κ2) is 8.29. The number of fused-ring (bicyclic) bond motifs is 1. The smallest absolute Gasteiger partial charge is 0.189 e. The molecule has 1 aliphatic heterocycles. The molecule has 1 aromatic carbocycles. The molecule has 0 bridgehead atoms. The molecular formula is C20H25N5OS. The summed E-state index contributed by atoms with van der Waals surface area (Å²) in [5.41, 5.74) is 1.11. The third kappa shape index (κ3) is 4.26. The number of hydrogen-bond donors (Lipinski definition) is 0. The van der Waals surface area contributed by atoms with Crippen LogP contribution >= 0.6 is 11.8 Å². The van der Waals surface area contributed by atoms with Crippen molar-refractivity contribution < 1.29 is 4.74 Å². The van der Waals surface area contributed by atoms with E-state index >= 15 is 0 Å². The minimum atomic E-state index is 0.831. The summed E-state index contributed by atoms with van der Waals surface area (Å²) < 4.78 is 7.41. The molecule has 1 fully saturated rings. The van der Waals surface area contributed by atoms with Crippen LogP contribution in [-0.4, -0.2) is 77.0 Å². The standard InChI is InChI=1S/C20H25N5OS/c1-23-9-11-24(12-10-23)13-14-27-20-21-7-5-19(22-20)25-8-6-16-15-17(26-2)3-4-18(16)25/h3-8,15H,9-14H2,1-2H3. The molecule has 27 heavy (non-hydrogen) atoms. The first-order valence-electron chi connectivity index (χ1n) is 9.25. The third-order valence-corrected chi connectivity index (χ3v) is 5.84. The van der Waals surface area contributed by atoms with Gasteiger partial charge in [0.05, 0.1) is 12.6 Å². The van der Waals surface area contributed by atoms with Crippen molar-refractivity contribution in [3.05, 3.63) is 42.7 Å². The molecule has 0 unspecified atom stereocenters. The molecule has 0 amide bonds. The summed E-state index contributed by atoms with van der Waals surface area (Å²) in [5.74, 6) is 2.77. The highest BCUT2D eigenvalue weighted by Crippen LogP contribution is 2.24. The maximum Gasteiger partial charge on any atom is 0.189 e. The number of aromatic nitrogens is 3. The lowest BCUT2D eigenvalue weighted by Gasteiger charge is -2.32. The lowest BCUT2D eigenvalue weighted by atomic mass is 10.2. The Morgan fingerprint density at radius 2 is 1.96 bits per heavy atom. The molecule has 0 radical (unpaired) electrons. The van der Waals surface area contributed by atoms with Crippen LogP contribution in [0.25, 0.3) is 16.7 Å². The van der Waals surface area contributed by atoms with Crippen molar-refractivity contribution in [2.75, 3.05) is 52.6 Å². The highest BCUT2D eigenvalue weighted by Gasteiger charge is 2.13. The van der Waals surface area contributed by atoms with Gasteiger partial charge in [0.15, 0.2) is 5.16 Å². The molecule has 4 rings (SSSR count). The zero-order chi connectivity index (χ0) is 18.6. The molecule has 0 N–H and O–H groups in total. The van der Waals surface area contributed by atoms with Crippen LogP contribution in [0.3, 0.4) is 0 Å². The minimum Gasteiger partial charge on any atom is -0.497 e. The Bertz CT molecular complexity index is 904. The fourth-order valence-corrected chi connectivity index (χ4v) is 4.15. The molecular weight excluding hydrogens is 358 g/mol. The van der Waals surface area contributed by atoms with Gasteiger partial charge >= 0.3 is 0 Å². The van der Waals surface area contributed by atoms with Crippen LogP contribution in [0.15, 0.2) is 47.9 Å². The second-order valence-electron chi connectivity index (χ2n) is 6.80. The Labute approximate surface area is 164 Å². The van der Waals surface area contributed by atoms with E-state index in [0.717, 1.165) is 66.1 Å². The Kier molecular flexibility index (Phi) is 5.61. The molecule has 0 spiro atoms. The van der Waals surface area contributed by atoms with Crippen molar-refractivity contribution in [1.29, 1.82) is 0 Å². The number of methoxy groups -OCH3 is 1. The van der Waals surface area contributed by atoms with Crippen LogP contribution in [-0.2, 0) is 0 Å². The van der Waals surface area contributed by atoms with Gasteiger partial charge in [0, 0.05) is 56.3 Å². The highest BCUT2D eigenvalue weighted by molar-refractivity contribution is 7.99. The molecule has 3 aromatic rings. The number of ether oxygens (including phenoxy) is 1. The number of piperazine rings is 1. The average Bonchev–Trinajstić information content (AvgIpc) is 3.13. The average molecular weight is 384 g/mol. The number of benzene rings is 1. The van der Waals surface area contributed by atoms with Gasteiger partial charge in [0.1, 0.15) is 11.6 Å². The van der Waals surface area contributed by atoms with E-state index in [1.807, 2.05) is 30.6 Å². The van der Waals surface area contributed by atoms with Gasteiger partial charge in [-0.1, -0.05) is 11.8 Å². The van der Waals surface area contributed by atoms with Gasteiger partial charge < -0.3 is 14.2 Å². The van der Waals surface area contributed by atoms with Gasteiger partial charge in [-0.05, 0) is 37.4 Å². The maximum absolute atomic E-state index is 5.31. The first kappa shape index (κ1) is 18.3. The second-order valence-corrected chi connectivity index (χ2v) is 7.86. The normalized spacial score (nSPS) is 16.1. The zero-order valence-electron chi connectivity index (χ0n) is 15.8. The summed E-state index contributed by atoms with van der Waals surface area (Å²) >= 11 is 1.73. The summed E-state index contributed by atoms with van der Waals surface area (Å²) in [4.78, 5) is 14.1. The number of thioether (sulfide) groups is 1. The van der Waals surface area contributed by atoms with Gasteiger partial charge in [-0.3, -0.25) is 4.90 Å². The molecule has 0 atom stereocenters. The highest BCUT2D eigenvalue weighted by atomic mass is 32.2. The number of likely N-dealkylation sites (N-methyl/N-ethyl adjacent to an activating group) is 1. The molecule has 1 aliphatic rings. The van der Waals surface area contributed by atoms with Crippen molar-refractivity contribution in [2.45, 2.75) is 5.16 Å². The predicted molar refractivity (Wildman–Crippen MR) is 110 cm³/mol. The van der Waals surface area contributed by atoms with E-state index in [1.165, 1.54) is 0 Å². The minimum absolute atomic E-state index is 0.831. The van der Waals surface area contributed by atoms with E-state index in [9.17, 15) is 0 Å². The maximum atomic E-state index is 5.31. The predicted octanol–water partition coefficient (Wildman–Crippen LogP) is 2.77. The molecule has 0 aliphatic carbocycles. The topological polar surface area (TPSA) is 46.4 Å². The van der Waals surface area contributed by atoms with Crippen LogP contribution in [0.2, 0.25) is 0 Å². The molecule has 2 aromatic heterocycles. The zero-order valence-corrected chi connectivity index (χ0v) is 16.7. The van der Waals surface area contributed by atoms with Crippen molar-refractivity contribution in [3.63, 3.8) is 0 Å². The van der Waals surface area contributed by atoms with Gasteiger partial charge in [-0.15, -0.1) is 0 Å². The molecule has 3 heterocycles. The number of nitrogens with zero attached hydrogens (tertiary/aromatic N) is 5. The van der Waals surface area contributed by atoms with Gasteiger partial charge in [-0.2, -0.15) is 0 Å². The molecule has 6 nitrogen and oxygen atoms in total. The van der Waals surface area contributed by atoms with E-state index in [2.05, 4.69) is 38.5 Å². The van der Waals surface area contributed by atoms with Crippen molar-refractivity contribution in [1.82, 2.24) is 24.3 Å². The monoisotopic (exact) mass is 383 g/mol. The third-order valence-electron chi connectivity index (χ3n) is 5.00. The van der Waals surface area contributed by atoms with E-state index in [0.29, 0.717) is 0 Å². The Hall–Kier alpha value is -2.09. The Morgan fingerprint density at radius 1 is 1.11 bits per heavy atom. The van der Waals surface area contributed by atoms with Gasteiger partial charge in [-0.25, -0.2) is 9.97 Å². The summed E-state index contributed by atoms with van der Waals surface area (Å²) in [6, 6.07) is 10.1. The molecule has 142 valence electrons. The van der Waals surface area contributed by atoms with Crippen LogP contribution < -0.4 is 4.74 Å². The van der Waals surface area contributed by atoms with Crippen LogP contribution in [0, 0.1) is 0 Å². The molecule has 1 saturated heterocycles. The summed E-state index contributed by atoms with van der Waals surface area (Å²) in [5, 5.41) is 1.97. The van der Waals surface area contributed by atoms with Gasteiger partial charge in [0.2, 0.25) is 0 Å². The summed E-state index contributed by atoms with van der Waals surface area (Å²) in [7, 11) is 3.88. The summed E-state index contributed by atoms with van der Waals surface area (Å²) in [6.45, 7) is 5.69. The van der Waals surface area contributed by atoms with E-state index < -0.39 is 0 Å². The quantitative estimate of drug-likeness (QED) is 0.482. The van der Waals surface area contributed by atoms with E-state index in [4.69, 9.17) is 9.72 Å². The van der Waals surface area contributed by atoms with Crippen molar-refractivity contribution in [3.8, 4) is 11.6 Å². The largest absolute Gasteiger partial charge is 0.497 e. The van der Waals surface area contributed by atoms with Crippen LogP contribution in [0.5, 0.6) is 5.75 Å². The van der Waals surface area contributed by atoms with Crippen molar-refractivity contribution >= 4 is 22.7 Å². The van der Waals surface area contributed by atoms with Gasteiger partial charge in [0.25, 0.3) is 0 Å².